The number of nitrogens with zero attached hydrogens (tertiary/aromatic N) is 3. The van der Waals surface area contributed by atoms with E-state index in [1.807, 2.05) is 0 Å². The SMILES string of the molecule is COC[C@H](NC(=O)Cn1cc(C2CC2)nn1)c1ccc(F)c(F)c1. The van der Waals surface area contributed by atoms with Crippen LogP contribution in [0.4, 0.5) is 8.78 Å². The molecule has 1 amide bonds. The van der Waals surface area contributed by atoms with Crippen molar-refractivity contribution in [2.75, 3.05) is 13.7 Å². The predicted octanol–water partition coefficient (Wildman–Crippen LogP) is 1.94. The summed E-state index contributed by atoms with van der Waals surface area (Å²) in [6.45, 7) is 0.144. The Kier molecular flexibility index (Phi) is 4.84. The minimum atomic E-state index is -0.965. The summed E-state index contributed by atoms with van der Waals surface area (Å²) in [5.74, 6) is -1.75. The standard InChI is InChI=1S/C16H18F2N4O2/c1-24-9-15(11-4-5-12(17)13(18)6-11)19-16(23)8-22-7-14(20-21-22)10-2-3-10/h4-7,10,15H,2-3,8-9H2,1H3,(H,19,23)/t15-/m0/s1. The monoisotopic (exact) mass is 336 g/mol. The van der Waals surface area contributed by atoms with Gasteiger partial charge in [0.2, 0.25) is 5.91 Å². The van der Waals surface area contributed by atoms with Crippen molar-refractivity contribution in [1.29, 1.82) is 0 Å². The van der Waals surface area contributed by atoms with Gasteiger partial charge in [-0.05, 0) is 30.5 Å². The number of rotatable bonds is 7. The van der Waals surface area contributed by atoms with E-state index in [-0.39, 0.29) is 19.1 Å². The summed E-state index contributed by atoms with van der Waals surface area (Å²) >= 11 is 0. The molecular weight excluding hydrogens is 318 g/mol. The molecule has 1 aromatic heterocycles. The minimum absolute atomic E-state index is 0.00358. The Morgan fingerprint density at radius 2 is 2.21 bits per heavy atom. The van der Waals surface area contributed by atoms with Crippen LogP contribution in [-0.2, 0) is 16.1 Å². The van der Waals surface area contributed by atoms with Crippen LogP contribution in [0, 0.1) is 11.6 Å². The summed E-state index contributed by atoms with van der Waals surface area (Å²) in [6.07, 6.45) is 3.98. The lowest BCUT2D eigenvalue weighted by Gasteiger charge is -2.18. The number of carbonyl (C=O) groups is 1. The summed E-state index contributed by atoms with van der Waals surface area (Å²) in [4.78, 5) is 12.2. The van der Waals surface area contributed by atoms with Gasteiger partial charge in [0.15, 0.2) is 11.6 Å². The van der Waals surface area contributed by atoms with Crippen LogP contribution in [0.3, 0.4) is 0 Å². The minimum Gasteiger partial charge on any atom is -0.382 e. The molecule has 1 aliphatic carbocycles. The highest BCUT2D eigenvalue weighted by Crippen LogP contribution is 2.38. The van der Waals surface area contributed by atoms with Crippen molar-refractivity contribution in [3.8, 4) is 0 Å². The number of halogens is 2. The first kappa shape index (κ1) is 16.5. The summed E-state index contributed by atoms with van der Waals surface area (Å²) < 4.78 is 33.0. The van der Waals surface area contributed by atoms with Gasteiger partial charge in [0.1, 0.15) is 6.54 Å². The molecule has 6 nitrogen and oxygen atoms in total. The smallest absolute Gasteiger partial charge is 0.242 e. The normalized spacial score (nSPS) is 15.3. The highest BCUT2D eigenvalue weighted by Gasteiger charge is 2.26. The Bertz CT molecular complexity index is 731. The Balaban J connectivity index is 1.65. The van der Waals surface area contributed by atoms with E-state index in [9.17, 15) is 13.6 Å². The molecule has 1 fully saturated rings. The van der Waals surface area contributed by atoms with Gasteiger partial charge in [-0.2, -0.15) is 0 Å². The maximum atomic E-state index is 13.4. The van der Waals surface area contributed by atoms with Gasteiger partial charge in [0.05, 0.1) is 18.3 Å². The average Bonchev–Trinajstić information content (AvgIpc) is 3.30. The molecule has 24 heavy (non-hydrogen) atoms. The van der Waals surface area contributed by atoms with Crippen LogP contribution in [0.2, 0.25) is 0 Å². The predicted molar refractivity (Wildman–Crippen MR) is 81.1 cm³/mol. The number of methoxy groups -OCH3 is 1. The maximum absolute atomic E-state index is 13.4. The molecule has 1 saturated carbocycles. The third-order valence-electron chi connectivity index (χ3n) is 3.87. The zero-order valence-corrected chi connectivity index (χ0v) is 13.2. The maximum Gasteiger partial charge on any atom is 0.242 e. The topological polar surface area (TPSA) is 69.0 Å². The highest BCUT2D eigenvalue weighted by atomic mass is 19.2. The Hall–Kier alpha value is -2.35. The molecule has 2 aromatic rings. The molecule has 0 radical (unpaired) electrons. The fraction of sp³-hybridized carbons (Fsp3) is 0.438. The van der Waals surface area contributed by atoms with Crippen LogP contribution in [0.15, 0.2) is 24.4 Å². The fourth-order valence-corrected chi connectivity index (χ4v) is 2.46. The summed E-state index contributed by atoms with van der Waals surface area (Å²) in [6, 6.07) is 2.92. The molecule has 1 N–H and O–H groups in total. The van der Waals surface area contributed by atoms with E-state index in [0.717, 1.165) is 30.7 Å². The van der Waals surface area contributed by atoms with Crippen molar-refractivity contribution in [3.63, 3.8) is 0 Å². The molecule has 1 aliphatic rings. The lowest BCUT2D eigenvalue weighted by atomic mass is 10.1. The van der Waals surface area contributed by atoms with Crippen LogP contribution in [0.25, 0.3) is 0 Å². The number of nitrogens with one attached hydrogen (secondary N) is 1. The zero-order chi connectivity index (χ0) is 17.1. The number of amides is 1. The molecule has 128 valence electrons. The molecule has 0 saturated heterocycles. The Morgan fingerprint density at radius 1 is 1.42 bits per heavy atom. The zero-order valence-electron chi connectivity index (χ0n) is 13.2. The van der Waals surface area contributed by atoms with E-state index in [1.165, 1.54) is 17.9 Å². The van der Waals surface area contributed by atoms with E-state index >= 15 is 0 Å². The van der Waals surface area contributed by atoms with E-state index in [4.69, 9.17) is 4.74 Å². The van der Waals surface area contributed by atoms with Crippen molar-refractivity contribution < 1.29 is 18.3 Å². The van der Waals surface area contributed by atoms with Gasteiger partial charge in [-0.15, -0.1) is 5.10 Å². The van der Waals surface area contributed by atoms with Crippen molar-refractivity contribution >= 4 is 5.91 Å². The average molecular weight is 336 g/mol. The lowest BCUT2D eigenvalue weighted by Crippen LogP contribution is -2.34. The first-order valence-corrected chi connectivity index (χ1v) is 7.70. The van der Waals surface area contributed by atoms with Crippen LogP contribution in [-0.4, -0.2) is 34.6 Å². The van der Waals surface area contributed by atoms with Crippen molar-refractivity contribution in [2.24, 2.45) is 0 Å². The van der Waals surface area contributed by atoms with Crippen LogP contribution < -0.4 is 5.32 Å². The molecule has 1 heterocycles. The molecule has 0 spiro atoms. The van der Waals surface area contributed by atoms with Crippen molar-refractivity contribution in [1.82, 2.24) is 20.3 Å². The second-order valence-corrected chi connectivity index (χ2v) is 5.86. The fourth-order valence-electron chi connectivity index (χ4n) is 2.46. The van der Waals surface area contributed by atoms with Gasteiger partial charge in [-0.3, -0.25) is 4.79 Å². The molecule has 1 atom stereocenters. The van der Waals surface area contributed by atoms with E-state index in [2.05, 4.69) is 15.6 Å². The third-order valence-corrected chi connectivity index (χ3v) is 3.87. The Morgan fingerprint density at radius 3 is 2.88 bits per heavy atom. The largest absolute Gasteiger partial charge is 0.382 e. The summed E-state index contributed by atoms with van der Waals surface area (Å²) in [5, 5.41) is 10.7. The number of ether oxygens (including phenoxy) is 1. The third kappa shape index (κ3) is 3.94. The summed E-state index contributed by atoms with van der Waals surface area (Å²) in [5.41, 5.74) is 1.33. The molecular formula is C16H18F2N4O2. The van der Waals surface area contributed by atoms with Gasteiger partial charge in [-0.1, -0.05) is 11.3 Å². The van der Waals surface area contributed by atoms with Crippen LogP contribution in [0.5, 0.6) is 0 Å². The number of aromatic nitrogens is 3. The molecule has 1 aromatic carbocycles. The number of benzene rings is 1. The summed E-state index contributed by atoms with van der Waals surface area (Å²) in [7, 11) is 1.47. The van der Waals surface area contributed by atoms with Gasteiger partial charge in [0.25, 0.3) is 0 Å². The quantitative estimate of drug-likeness (QED) is 0.839. The van der Waals surface area contributed by atoms with Crippen molar-refractivity contribution in [3.05, 3.63) is 47.3 Å². The van der Waals surface area contributed by atoms with E-state index < -0.39 is 17.7 Å². The van der Waals surface area contributed by atoms with Gasteiger partial charge < -0.3 is 10.1 Å². The van der Waals surface area contributed by atoms with Gasteiger partial charge in [-0.25, -0.2) is 13.5 Å². The van der Waals surface area contributed by atoms with Crippen LogP contribution >= 0.6 is 0 Å². The Labute approximate surface area is 137 Å². The van der Waals surface area contributed by atoms with Gasteiger partial charge >= 0.3 is 0 Å². The molecule has 0 bridgehead atoms. The van der Waals surface area contributed by atoms with Gasteiger partial charge in [0, 0.05) is 19.2 Å². The highest BCUT2D eigenvalue weighted by molar-refractivity contribution is 5.76. The first-order valence-electron chi connectivity index (χ1n) is 7.70. The lowest BCUT2D eigenvalue weighted by molar-refractivity contribution is -0.123. The van der Waals surface area contributed by atoms with E-state index in [1.54, 1.807) is 6.20 Å². The number of carbonyl (C=O) groups excluding carboxylic acids is 1. The van der Waals surface area contributed by atoms with E-state index in [0.29, 0.717) is 11.5 Å². The molecule has 8 heteroatoms. The molecule has 0 unspecified atom stereocenters. The van der Waals surface area contributed by atoms with Crippen molar-refractivity contribution in [2.45, 2.75) is 31.3 Å². The van der Waals surface area contributed by atoms with Crippen LogP contribution in [0.1, 0.15) is 36.1 Å². The molecule has 0 aliphatic heterocycles. The second-order valence-electron chi connectivity index (χ2n) is 5.86. The first-order chi connectivity index (χ1) is 11.6. The number of hydrogen-bond acceptors (Lipinski definition) is 4. The molecule has 3 rings (SSSR count). The number of hydrogen-bond donors (Lipinski definition) is 1. The second kappa shape index (κ2) is 7.04.